The molecule has 5 aliphatic rings. The lowest BCUT2D eigenvalue weighted by atomic mass is 9.93. The van der Waals surface area contributed by atoms with Crippen molar-refractivity contribution in [3.8, 4) is 23.3 Å². The molecule has 2 bridgehead atoms. The van der Waals surface area contributed by atoms with Crippen LogP contribution in [-0.4, -0.2) is 95.1 Å². The molecule has 4 atom stereocenters. The predicted octanol–water partition coefficient (Wildman–Crippen LogP) is 5.49. The van der Waals surface area contributed by atoms with Gasteiger partial charge in [-0.3, -0.25) is 14.8 Å². The van der Waals surface area contributed by atoms with Crippen molar-refractivity contribution in [3.63, 3.8) is 0 Å². The lowest BCUT2D eigenvalue weighted by Gasteiger charge is -2.33. The van der Waals surface area contributed by atoms with Gasteiger partial charge in [-0.05, 0) is 55.8 Å². The molecule has 262 valence electrons. The third-order valence-corrected chi connectivity index (χ3v) is 12.6. The fourth-order valence-corrected chi connectivity index (χ4v) is 10.2. The molecule has 2 N–H and O–H groups in total. The quantitative estimate of drug-likeness (QED) is 0.247. The number of alkyl halides is 2. The molecule has 2 unspecified atom stereocenters. The van der Waals surface area contributed by atoms with E-state index < -0.39 is 30.0 Å². The summed E-state index contributed by atoms with van der Waals surface area (Å²) in [7, 11) is 0. The first kappa shape index (κ1) is 32.1. The number of benzene rings is 1. The van der Waals surface area contributed by atoms with Crippen molar-refractivity contribution in [2.45, 2.75) is 63.1 Å². The Kier molecular flexibility index (Phi) is 7.79. The molecule has 9 rings (SSSR count). The number of anilines is 2. The Hall–Kier alpha value is -3.84. The summed E-state index contributed by atoms with van der Waals surface area (Å²) < 4.78 is 73.0. The number of rotatable bonds is 7. The zero-order valence-corrected chi connectivity index (χ0v) is 28.2. The van der Waals surface area contributed by atoms with Gasteiger partial charge in [0.25, 0.3) is 0 Å². The molecular formula is C35H36F4N8O2S. The van der Waals surface area contributed by atoms with E-state index >= 15 is 8.78 Å². The number of halogens is 4. The fourth-order valence-electron chi connectivity index (χ4n) is 9.28. The number of nitrogens with zero attached hydrogens (tertiary/aromatic N) is 7. The lowest BCUT2D eigenvalue weighted by Crippen LogP contribution is -2.44. The van der Waals surface area contributed by atoms with Crippen LogP contribution in [0.4, 0.5) is 28.4 Å². The number of hydrogen-bond donors (Lipinski definition) is 1. The maximum absolute atomic E-state index is 17.5. The fraction of sp³-hybridized carbons (Fsp3) is 0.543. The van der Waals surface area contributed by atoms with Gasteiger partial charge in [0.15, 0.2) is 11.6 Å². The molecule has 0 spiro atoms. The highest BCUT2D eigenvalue weighted by molar-refractivity contribution is 7.23. The van der Waals surface area contributed by atoms with Crippen LogP contribution in [0.3, 0.4) is 0 Å². The van der Waals surface area contributed by atoms with Crippen LogP contribution in [0.2, 0.25) is 0 Å². The van der Waals surface area contributed by atoms with Gasteiger partial charge in [-0.1, -0.05) is 0 Å². The lowest BCUT2D eigenvalue weighted by molar-refractivity contribution is 0.107. The van der Waals surface area contributed by atoms with Crippen molar-refractivity contribution in [1.82, 2.24) is 24.8 Å². The van der Waals surface area contributed by atoms with E-state index in [1.807, 2.05) is 0 Å². The Morgan fingerprint density at radius 3 is 2.84 bits per heavy atom. The molecule has 4 aromatic rings. The van der Waals surface area contributed by atoms with Crippen molar-refractivity contribution in [3.05, 3.63) is 34.5 Å². The number of aromatic nitrogens is 3. The largest absolute Gasteiger partial charge is 0.461 e. The first-order chi connectivity index (χ1) is 24.3. The molecule has 4 saturated heterocycles. The number of likely N-dealkylation sites (tertiary alicyclic amines) is 1. The smallest absolute Gasteiger partial charge is 0.319 e. The molecule has 50 heavy (non-hydrogen) atoms. The average Bonchev–Trinajstić information content (AvgIpc) is 3.90. The maximum Gasteiger partial charge on any atom is 0.319 e. The SMILES string of the molecule is N#Cc1c(N)sc2c(F)cnc(-c3c4c(c5c(N6CC7CCN(CCF)CC6C7)nc(OC[C@@]67CCCN6C[C@H](F)C7)nc5c3F)COC4)c12. The molecule has 0 aliphatic carbocycles. The Morgan fingerprint density at radius 1 is 1.14 bits per heavy atom. The first-order valence-electron chi connectivity index (χ1n) is 17.2. The maximum atomic E-state index is 17.5. The van der Waals surface area contributed by atoms with Crippen LogP contribution in [0.25, 0.3) is 32.2 Å². The zero-order valence-electron chi connectivity index (χ0n) is 27.4. The normalized spacial score (nSPS) is 26.5. The summed E-state index contributed by atoms with van der Waals surface area (Å²) in [5, 5.41) is 10.8. The molecule has 0 amide bonds. The highest BCUT2D eigenvalue weighted by Crippen LogP contribution is 2.48. The molecule has 5 aliphatic heterocycles. The number of ether oxygens (including phenoxy) is 2. The summed E-state index contributed by atoms with van der Waals surface area (Å²) in [4.78, 5) is 20.5. The first-order valence-corrected chi connectivity index (χ1v) is 18.1. The number of nitrogen functional groups attached to an aromatic ring is 1. The van der Waals surface area contributed by atoms with E-state index in [9.17, 15) is 14.0 Å². The Bertz CT molecular complexity index is 2070. The van der Waals surface area contributed by atoms with E-state index in [1.54, 1.807) is 0 Å². The molecule has 15 heteroatoms. The molecular weight excluding hydrogens is 672 g/mol. The summed E-state index contributed by atoms with van der Waals surface area (Å²) in [5.41, 5.74) is 7.07. The molecule has 8 heterocycles. The van der Waals surface area contributed by atoms with E-state index in [0.717, 1.165) is 56.3 Å². The number of pyridine rings is 1. The molecule has 4 fully saturated rings. The van der Waals surface area contributed by atoms with Gasteiger partial charge in [-0.2, -0.15) is 15.2 Å². The number of fused-ring (bicyclic) bond motifs is 7. The Morgan fingerprint density at radius 2 is 2.00 bits per heavy atom. The molecule has 0 radical (unpaired) electrons. The molecule has 3 aromatic heterocycles. The highest BCUT2D eigenvalue weighted by Gasteiger charge is 2.49. The van der Waals surface area contributed by atoms with Gasteiger partial charge in [0.1, 0.15) is 41.9 Å². The predicted molar refractivity (Wildman–Crippen MR) is 181 cm³/mol. The van der Waals surface area contributed by atoms with Crippen LogP contribution in [0, 0.1) is 28.9 Å². The minimum absolute atomic E-state index is 0.000626. The Labute approximate surface area is 289 Å². The summed E-state index contributed by atoms with van der Waals surface area (Å²) in [6, 6.07) is 2.05. The molecule has 0 saturated carbocycles. The van der Waals surface area contributed by atoms with Crippen LogP contribution in [0.5, 0.6) is 6.01 Å². The second-order valence-corrected chi connectivity index (χ2v) is 15.4. The molecule has 1 aromatic carbocycles. The van der Waals surface area contributed by atoms with Gasteiger partial charge in [0.2, 0.25) is 0 Å². The topological polar surface area (TPSA) is 117 Å². The highest BCUT2D eigenvalue weighted by atomic mass is 32.1. The van der Waals surface area contributed by atoms with E-state index in [2.05, 4.69) is 25.8 Å². The third kappa shape index (κ3) is 4.93. The van der Waals surface area contributed by atoms with Gasteiger partial charge in [0.05, 0.1) is 46.3 Å². The van der Waals surface area contributed by atoms with Crippen LogP contribution in [0.15, 0.2) is 6.20 Å². The molecule has 10 nitrogen and oxygen atoms in total. The number of nitrogens with two attached hydrogens (primary N) is 1. The van der Waals surface area contributed by atoms with Crippen molar-refractivity contribution >= 4 is 43.1 Å². The minimum Gasteiger partial charge on any atom is -0.461 e. The zero-order chi connectivity index (χ0) is 34.3. The van der Waals surface area contributed by atoms with Crippen molar-refractivity contribution in [2.24, 2.45) is 5.92 Å². The van der Waals surface area contributed by atoms with Gasteiger partial charge < -0.3 is 20.1 Å². The van der Waals surface area contributed by atoms with Gasteiger partial charge in [-0.15, -0.1) is 11.3 Å². The number of hydrogen-bond acceptors (Lipinski definition) is 11. The van der Waals surface area contributed by atoms with E-state index in [4.69, 9.17) is 25.2 Å². The minimum atomic E-state index is -0.945. The summed E-state index contributed by atoms with van der Waals surface area (Å²) >= 11 is 0.919. The monoisotopic (exact) mass is 708 g/mol. The van der Waals surface area contributed by atoms with Crippen molar-refractivity contribution < 1.29 is 27.0 Å². The summed E-state index contributed by atoms with van der Waals surface area (Å²) in [6.07, 6.45) is 3.96. The number of nitriles is 1. The number of thiophene rings is 1. The van der Waals surface area contributed by atoms with Gasteiger partial charge in [0, 0.05) is 49.6 Å². The van der Waals surface area contributed by atoms with Gasteiger partial charge >= 0.3 is 6.01 Å². The summed E-state index contributed by atoms with van der Waals surface area (Å²) in [6.45, 7) is 3.62. The standard InChI is InChI=1S/C35H36F4N8O2S/c36-4-7-45-6-2-18-8-20(14-45)47(12-18)33-27-23-16-48-15-22(23)25(29-26-21(10-40)32(41)50-31(26)24(38)11-42-29)28(39)30(27)43-34(44-33)49-17-35-3-1-5-46(35)13-19(37)9-35/h11,18-20H,1-9,12-17,41H2/t18?,19-,20?,35+/m1/s1. The average molecular weight is 709 g/mol. The van der Waals surface area contributed by atoms with E-state index in [1.165, 1.54) is 0 Å². The van der Waals surface area contributed by atoms with Crippen LogP contribution < -0.4 is 15.4 Å². The van der Waals surface area contributed by atoms with Crippen LogP contribution in [-0.2, 0) is 18.0 Å². The third-order valence-electron chi connectivity index (χ3n) is 11.5. The second-order valence-electron chi connectivity index (χ2n) is 14.4. The van der Waals surface area contributed by atoms with Crippen LogP contribution >= 0.6 is 11.3 Å². The Balaban J connectivity index is 1.24. The summed E-state index contributed by atoms with van der Waals surface area (Å²) in [5.74, 6) is -0.492. The van der Waals surface area contributed by atoms with Crippen molar-refractivity contribution in [1.29, 1.82) is 5.26 Å². The van der Waals surface area contributed by atoms with Gasteiger partial charge in [-0.25, -0.2) is 17.6 Å². The second kappa shape index (κ2) is 12.1. The van der Waals surface area contributed by atoms with Crippen LogP contribution in [0.1, 0.15) is 48.8 Å². The van der Waals surface area contributed by atoms with Crippen molar-refractivity contribution in [2.75, 3.05) is 63.2 Å². The van der Waals surface area contributed by atoms with E-state index in [-0.39, 0.29) is 69.3 Å². The van der Waals surface area contributed by atoms with E-state index in [0.29, 0.717) is 60.8 Å².